The van der Waals surface area contributed by atoms with Gasteiger partial charge in [-0.3, -0.25) is 0 Å². The average Bonchev–Trinajstić information content (AvgIpc) is 3.48. The van der Waals surface area contributed by atoms with Crippen LogP contribution in [0.1, 0.15) is 68.1 Å². The fraction of sp³-hybridized carbons (Fsp3) is 0.586. The fourth-order valence-electron chi connectivity index (χ4n) is 7.35. The van der Waals surface area contributed by atoms with Crippen molar-refractivity contribution in [3.8, 4) is 0 Å². The van der Waals surface area contributed by atoms with E-state index in [1.54, 1.807) is 0 Å². The van der Waals surface area contributed by atoms with Crippen molar-refractivity contribution in [2.24, 2.45) is 11.8 Å². The van der Waals surface area contributed by atoms with Gasteiger partial charge in [-0.1, -0.05) is 78.7 Å². The van der Waals surface area contributed by atoms with E-state index in [1.807, 2.05) is 6.07 Å². The zero-order valence-electron chi connectivity index (χ0n) is 20.2. The predicted molar refractivity (Wildman–Crippen MR) is 146 cm³/mol. The van der Waals surface area contributed by atoms with Crippen molar-refractivity contribution in [3.05, 3.63) is 68.2 Å². The first kappa shape index (κ1) is 24.9. The molecule has 5 heteroatoms. The fourth-order valence-corrected chi connectivity index (χ4v) is 7.76. The van der Waals surface area contributed by atoms with E-state index in [1.165, 1.54) is 74.6 Å². The molecule has 0 aromatic heterocycles. The first-order chi connectivity index (χ1) is 16.4. The number of benzene rings is 2. The van der Waals surface area contributed by atoms with Gasteiger partial charge in [0.2, 0.25) is 0 Å². The Morgan fingerprint density at radius 3 is 1.74 bits per heavy atom. The minimum absolute atomic E-state index is 0.312. The van der Waals surface area contributed by atoms with Crippen LogP contribution in [0.4, 0.5) is 0 Å². The quantitative estimate of drug-likeness (QED) is 0.425. The summed E-state index contributed by atoms with van der Waals surface area (Å²) in [4.78, 5) is 0. The van der Waals surface area contributed by atoms with Crippen LogP contribution >= 0.6 is 34.8 Å². The van der Waals surface area contributed by atoms with Crippen molar-refractivity contribution in [2.75, 3.05) is 26.2 Å². The Balaban J connectivity index is 0.000000142. The number of aryl methyl sites for hydroxylation is 1. The number of hydrogen-bond acceptors (Lipinski definition) is 2. The van der Waals surface area contributed by atoms with E-state index in [2.05, 4.69) is 47.9 Å². The van der Waals surface area contributed by atoms with Crippen molar-refractivity contribution < 1.29 is 0 Å². The van der Waals surface area contributed by atoms with E-state index in [9.17, 15) is 0 Å². The monoisotopic (exact) mass is 518 g/mol. The Labute approximate surface area is 220 Å². The van der Waals surface area contributed by atoms with Gasteiger partial charge in [0.25, 0.3) is 0 Å². The summed E-state index contributed by atoms with van der Waals surface area (Å²) in [5, 5.41) is 9.41. The molecule has 0 radical (unpaired) electrons. The molecule has 34 heavy (non-hydrogen) atoms. The molecule has 4 atom stereocenters. The van der Waals surface area contributed by atoms with Crippen LogP contribution in [0, 0.1) is 18.8 Å². The summed E-state index contributed by atoms with van der Waals surface area (Å²) >= 11 is 18.3. The third-order valence-electron chi connectivity index (χ3n) is 9.30. The lowest BCUT2D eigenvalue weighted by Gasteiger charge is -2.39. The zero-order chi connectivity index (χ0) is 23.8. The van der Waals surface area contributed by atoms with Gasteiger partial charge in [0.05, 0.1) is 10.0 Å². The summed E-state index contributed by atoms with van der Waals surface area (Å²) in [6.07, 6.45) is 10.8. The molecule has 2 aliphatic heterocycles. The number of fused-ring (bicyclic) bond motifs is 2. The van der Waals surface area contributed by atoms with E-state index >= 15 is 0 Å². The van der Waals surface area contributed by atoms with Crippen molar-refractivity contribution >= 4 is 34.8 Å². The summed E-state index contributed by atoms with van der Waals surface area (Å²) in [7, 11) is 0. The normalized spacial score (nSPS) is 32.5. The van der Waals surface area contributed by atoms with Crippen LogP contribution in [-0.4, -0.2) is 26.2 Å². The Kier molecular flexibility index (Phi) is 7.55. The highest BCUT2D eigenvalue weighted by Gasteiger charge is 2.46. The molecular weight excluding hydrogens is 483 g/mol. The third kappa shape index (κ3) is 4.55. The van der Waals surface area contributed by atoms with E-state index in [-0.39, 0.29) is 0 Å². The van der Waals surface area contributed by atoms with E-state index in [0.29, 0.717) is 20.9 Å². The minimum Gasteiger partial charge on any atom is -0.316 e. The van der Waals surface area contributed by atoms with E-state index < -0.39 is 0 Å². The second-order valence-corrected chi connectivity index (χ2v) is 12.3. The Hall–Kier alpha value is -0.770. The number of hydrogen-bond donors (Lipinski definition) is 2. The highest BCUT2D eigenvalue weighted by molar-refractivity contribution is 6.42. The topological polar surface area (TPSA) is 24.1 Å². The summed E-state index contributed by atoms with van der Waals surface area (Å²) in [5.41, 5.74) is 4.81. The Morgan fingerprint density at radius 1 is 0.676 bits per heavy atom. The van der Waals surface area contributed by atoms with Crippen LogP contribution in [0.25, 0.3) is 0 Å². The molecule has 2 N–H and O–H groups in total. The largest absolute Gasteiger partial charge is 0.316 e. The maximum Gasteiger partial charge on any atom is 0.0595 e. The Bertz CT molecular complexity index is 943. The maximum atomic E-state index is 6.17. The van der Waals surface area contributed by atoms with Gasteiger partial charge in [-0.15, -0.1) is 0 Å². The van der Waals surface area contributed by atoms with Gasteiger partial charge in [0, 0.05) is 28.9 Å². The van der Waals surface area contributed by atoms with Crippen LogP contribution in [0.3, 0.4) is 0 Å². The van der Waals surface area contributed by atoms with Crippen molar-refractivity contribution in [1.82, 2.24) is 10.6 Å². The van der Waals surface area contributed by atoms with Gasteiger partial charge in [-0.2, -0.15) is 0 Å². The Morgan fingerprint density at radius 2 is 1.21 bits per heavy atom. The van der Waals surface area contributed by atoms with Crippen molar-refractivity contribution in [3.63, 3.8) is 0 Å². The molecule has 2 nitrogen and oxygen atoms in total. The molecule has 1 unspecified atom stereocenters. The molecule has 2 aromatic carbocycles. The number of rotatable bonds is 2. The summed E-state index contributed by atoms with van der Waals surface area (Å²) < 4.78 is 0. The number of nitrogens with one attached hydrogen (secondary N) is 2. The molecule has 0 bridgehead atoms. The first-order valence-electron chi connectivity index (χ1n) is 13.1. The highest BCUT2D eigenvalue weighted by atomic mass is 35.5. The van der Waals surface area contributed by atoms with Gasteiger partial charge in [-0.05, 0) is 92.4 Å². The smallest absolute Gasteiger partial charge is 0.0595 e. The molecule has 4 aliphatic rings. The van der Waals surface area contributed by atoms with E-state index in [0.717, 1.165) is 36.5 Å². The number of halogens is 3. The van der Waals surface area contributed by atoms with Crippen LogP contribution < -0.4 is 10.6 Å². The van der Waals surface area contributed by atoms with Gasteiger partial charge in [-0.25, -0.2) is 0 Å². The molecule has 0 amide bonds. The molecule has 0 spiro atoms. The second-order valence-electron chi connectivity index (χ2n) is 11.1. The van der Waals surface area contributed by atoms with E-state index in [4.69, 9.17) is 34.8 Å². The van der Waals surface area contributed by atoms with Gasteiger partial charge in [0.15, 0.2) is 0 Å². The second kappa shape index (κ2) is 10.3. The van der Waals surface area contributed by atoms with Crippen LogP contribution in [-0.2, 0) is 10.8 Å². The summed E-state index contributed by atoms with van der Waals surface area (Å²) in [5.74, 6) is 1.60. The maximum absolute atomic E-state index is 6.17. The molecular formula is C29H37Cl3N2. The van der Waals surface area contributed by atoms with Gasteiger partial charge < -0.3 is 10.6 Å². The lowest BCUT2D eigenvalue weighted by molar-refractivity contribution is 0.242. The lowest BCUT2D eigenvalue weighted by Crippen LogP contribution is -2.37. The zero-order valence-corrected chi connectivity index (χ0v) is 22.5. The van der Waals surface area contributed by atoms with Crippen molar-refractivity contribution in [2.45, 2.75) is 69.1 Å². The third-order valence-corrected chi connectivity index (χ3v) is 10.5. The summed E-state index contributed by atoms with van der Waals surface area (Å²) in [6, 6.07) is 12.8. The average molecular weight is 520 g/mol. The van der Waals surface area contributed by atoms with Crippen LogP contribution in [0.15, 0.2) is 36.4 Å². The van der Waals surface area contributed by atoms with Gasteiger partial charge in [0.1, 0.15) is 0 Å². The summed E-state index contributed by atoms with van der Waals surface area (Å²) in [6.45, 7) is 6.71. The SMILES string of the molecule is Cc1cc([C@@]23CCCCC2CNC3)ccc1Cl.Clc1ccc([C@]23CCCC[C@H]2CNC3)cc1Cl. The highest BCUT2D eigenvalue weighted by Crippen LogP contribution is 2.47. The minimum atomic E-state index is 0.312. The van der Waals surface area contributed by atoms with Crippen LogP contribution in [0.2, 0.25) is 15.1 Å². The molecule has 2 saturated heterocycles. The molecule has 184 valence electrons. The van der Waals surface area contributed by atoms with Crippen molar-refractivity contribution in [1.29, 1.82) is 0 Å². The molecule has 2 saturated carbocycles. The predicted octanol–water partition coefficient (Wildman–Crippen LogP) is 7.70. The molecule has 2 aromatic rings. The van der Waals surface area contributed by atoms with Gasteiger partial charge >= 0.3 is 0 Å². The molecule has 2 heterocycles. The molecule has 2 aliphatic carbocycles. The van der Waals surface area contributed by atoms with Crippen LogP contribution in [0.5, 0.6) is 0 Å². The standard InChI is InChI=1S/C15H20ClN.C14H17Cl2N/c1-11-8-12(5-6-14(11)16)15-7-3-2-4-13(15)9-17-10-15;15-12-5-4-10(7-13(12)16)14-6-2-1-3-11(14)8-17-9-14/h5-6,8,13,17H,2-4,7,9-10H2,1H3;4-5,7,11,17H,1-3,6,8-9H2/t13?,15-;11-,14+/m00/s1. The molecule has 4 fully saturated rings. The first-order valence-corrected chi connectivity index (χ1v) is 14.2. The molecule has 6 rings (SSSR count). The lowest BCUT2D eigenvalue weighted by atomic mass is 9.64.